The number of fused-ring (bicyclic) bond motifs is 1. The molecule has 0 aliphatic carbocycles. The quantitative estimate of drug-likeness (QED) is 0.787. The third-order valence-electron chi connectivity index (χ3n) is 4.95. The minimum absolute atomic E-state index is 0.414. The predicted molar refractivity (Wildman–Crippen MR) is 106 cm³/mol. The molecule has 1 saturated heterocycles. The van der Waals surface area contributed by atoms with Crippen LogP contribution in [-0.2, 0) is 6.54 Å². The fourth-order valence-electron chi connectivity index (χ4n) is 3.64. The third kappa shape index (κ3) is 4.04. The Labute approximate surface area is 164 Å². The number of nitrogens with zero attached hydrogens (tertiary/aromatic N) is 3. The van der Waals surface area contributed by atoms with E-state index in [9.17, 15) is 0 Å². The van der Waals surface area contributed by atoms with Crippen molar-refractivity contribution in [2.24, 2.45) is 0 Å². The van der Waals surface area contributed by atoms with E-state index in [1.807, 2.05) is 25.2 Å². The summed E-state index contributed by atoms with van der Waals surface area (Å²) in [5.41, 5.74) is 1.09. The molecule has 7 nitrogen and oxygen atoms in total. The van der Waals surface area contributed by atoms with E-state index in [-0.39, 0.29) is 0 Å². The maximum absolute atomic E-state index is 6.32. The van der Waals surface area contributed by atoms with Gasteiger partial charge in [0.05, 0.1) is 5.02 Å². The van der Waals surface area contributed by atoms with Crippen molar-refractivity contribution in [2.75, 3.05) is 43.6 Å². The van der Waals surface area contributed by atoms with Gasteiger partial charge < -0.3 is 25.0 Å². The number of nitrogens with one attached hydrogen (secondary N) is 2. The first-order valence-electron chi connectivity index (χ1n) is 9.30. The smallest absolute Gasteiger partial charge is 0.179 e. The van der Waals surface area contributed by atoms with Gasteiger partial charge in [-0.2, -0.15) is 0 Å². The minimum Gasteiger partial charge on any atom is -0.486 e. The number of aromatic nitrogens is 2. The Morgan fingerprint density at radius 3 is 3.00 bits per heavy atom. The molecule has 2 N–H and O–H groups in total. The van der Waals surface area contributed by atoms with Crippen LogP contribution in [0.5, 0.6) is 11.5 Å². The van der Waals surface area contributed by atoms with Crippen molar-refractivity contribution in [1.29, 1.82) is 0 Å². The Kier molecular flexibility index (Phi) is 5.50. The van der Waals surface area contributed by atoms with Gasteiger partial charge in [0.1, 0.15) is 31.2 Å². The summed E-state index contributed by atoms with van der Waals surface area (Å²) in [7, 11) is 1.87. The molecule has 8 heteroatoms. The molecule has 0 spiro atoms. The maximum Gasteiger partial charge on any atom is 0.179 e. The second-order valence-electron chi connectivity index (χ2n) is 6.73. The highest BCUT2D eigenvalue weighted by Crippen LogP contribution is 2.38. The molecule has 144 valence electrons. The van der Waals surface area contributed by atoms with Gasteiger partial charge in [-0.15, -0.1) is 0 Å². The fraction of sp³-hybridized carbons (Fsp3) is 0.474. The van der Waals surface area contributed by atoms with Crippen LogP contribution in [0.1, 0.15) is 18.4 Å². The van der Waals surface area contributed by atoms with Gasteiger partial charge in [-0.05, 0) is 30.5 Å². The summed E-state index contributed by atoms with van der Waals surface area (Å²) in [5.74, 6) is 3.19. The first-order valence-corrected chi connectivity index (χ1v) is 9.67. The Morgan fingerprint density at radius 1 is 1.22 bits per heavy atom. The lowest BCUT2D eigenvalue weighted by Crippen LogP contribution is -2.38. The zero-order chi connectivity index (χ0) is 18.6. The van der Waals surface area contributed by atoms with Gasteiger partial charge in [0.2, 0.25) is 0 Å². The summed E-state index contributed by atoms with van der Waals surface area (Å²) >= 11 is 6.32. The summed E-state index contributed by atoms with van der Waals surface area (Å²) in [6.45, 7) is 3.73. The first-order chi connectivity index (χ1) is 13.2. The number of rotatable bonds is 6. The lowest BCUT2D eigenvalue weighted by molar-refractivity contribution is 0.171. The summed E-state index contributed by atoms with van der Waals surface area (Å²) in [6, 6.07) is 6.36. The molecular formula is C19H24ClN5O2. The highest BCUT2D eigenvalue weighted by molar-refractivity contribution is 6.32. The molecule has 2 aromatic rings. The molecule has 0 amide bonds. The standard InChI is InChI=1S/C19H24ClN5O2/c1-21-17-9-18(24-12-23-17)25-4-2-3-14(25)11-22-10-13-7-15(20)19-16(8-13)26-5-6-27-19/h7-9,12,14,22H,2-6,10-11H2,1H3,(H,21,23,24). The molecule has 2 aliphatic rings. The van der Waals surface area contributed by atoms with E-state index in [1.165, 1.54) is 6.42 Å². The van der Waals surface area contributed by atoms with E-state index in [0.29, 0.717) is 30.0 Å². The first kappa shape index (κ1) is 18.1. The Balaban J connectivity index is 1.37. The van der Waals surface area contributed by atoms with Crippen LogP contribution < -0.4 is 25.0 Å². The van der Waals surface area contributed by atoms with Gasteiger partial charge in [0.25, 0.3) is 0 Å². The number of hydrogen-bond acceptors (Lipinski definition) is 7. The lowest BCUT2D eigenvalue weighted by Gasteiger charge is -2.26. The minimum atomic E-state index is 0.414. The van der Waals surface area contributed by atoms with Crippen LogP contribution in [0.4, 0.5) is 11.6 Å². The van der Waals surface area contributed by atoms with E-state index in [2.05, 4.69) is 25.5 Å². The fourth-order valence-corrected chi connectivity index (χ4v) is 3.93. The number of ether oxygens (including phenoxy) is 2. The van der Waals surface area contributed by atoms with Crippen LogP contribution in [0.25, 0.3) is 0 Å². The van der Waals surface area contributed by atoms with Crippen molar-refractivity contribution in [2.45, 2.75) is 25.4 Å². The molecule has 3 heterocycles. The third-order valence-corrected chi connectivity index (χ3v) is 5.23. The molecule has 27 heavy (non-hydrogen) atoms. The molecule has 1 aromatic carbocycles. The van der Waals surface area contributed by atoms with Crippen molar-refractivity contribution in [1.82, 2.24) is 15.3 Å². The maximum atomic E-state index is 6.32. The van der Waals surface area contributed by atoms with Crippen LogP contribution >= 0.6 is 11.6 Å². The van der Waals surface area contributed by atoms with Crippen molar-refractivity contribution < 1.29 is 9.47 Å². The van der Waals surface area contributed by atoms with Crippen LogP contribution in [0.2, 0.25) is 5.02 Å². The average Bonchev–Trinajstić information content (AvgIpc) is 3.17. The molecule has 1 aromatic heterocycles. The lowest BCUT2D eigenvalue weighted by atomic mass is 10.1. The molecule has 2 aliphatic heterocycles. The number of hydrogen-bond donors (Lipinski definition) is 2. The van der Waals surface area contributed by atoms with Crippen molar-refractivity contribution in [3.8, 4) is 11.5 Å². The summed E-state index contributed by atoms with van der Waals surface area (Å²) < 4.78 is 11.2. The van der Waals surface area contributed by atoms with Crippen molar-refractivity contribution in [3.05, 3.63) is 35.1 Å². The number of anilines is 2. The van der Waals surface area contributed by atoms with E-state index in [0.717, 1.165) is 49.0 Å². The van der Waals surface area contributed by atoms with Gasteiger partial charge in [-0.1, -0.05) is 11.6 Å². The van der Waals surface area contributed by atoms with Crippen molar-refractivity contribution in [3.63, 3.8) is 0 Å². The number of benzene rings is 1. The van der Waals surface area contributed by atoms with Gasteiger partial charge in [0.15, 0.2) is 11.5 Å². The molecule has 0 bridgehead atoms. The van der Waals surface area contributed by atoms with E-state index in [4.69, 9.17) is 21.1 Å². The Morgan fingerprint density at radius 2 is 2.11 bits per heavy atom. The Hall–Kier alpha value is -2.25. The molecule has 1 fully saturated rings. The zero-order valence-corrected chi connectivity index (χ0v) is 16.1. The average molecular weight is 390 g/mol. The van der Waals surface area contributed by atoms with Gasteiger partial charge in [-0.3, -0.25) is 0 Å². The van der Waals surface area contributed by atoms with Crippen LogP contribution in [0.3, 0.4) is 0 Å². The van der Waals surface area contributed by atoms with Crippen molar-refractivity contribution >= 4 is 23.2 Å². The largest absolute Gasteiger partial charge is 0.486 e. The Bertz CT molecular complexity index is 804. The highest BCUT2D eigenvalue weighted by Gasteiger charge is 2.25. The van der Waals surface area contributed by atoms with Gasteiger partial charge >= 0.3 is 0 Å². The van der Waals surface area contributed by atoms with Crippen LogP contribution in [-0.4, -0.2) is 49.4 Å². The summed E-state index contributed by atoms with van der Waals surface area (Å²) in [4.78, 5) is 11.0. The second-order valence-corrected chi connectivity index (χ2v) is 7.14. The van der Waals surface area contributed by atoms with Crippen LogP contribution in [0.15, 0.2) is 24.5 Å². The van der Waals surface area contributed by atoms with Gasteiger partial charge in [0, 0.05) is 38.8 Å². The van der Waals surface area contributed by atoms with Gasteiger partial charge in [-0.25, -0.2) is 9.97 Å². The van der Waals surface area contributed by atoms with Crippen LogP contribution in [0, 0.1) is 0 Å². The zero-order valence-electron chi connectivity index (χ0n) is 15.4. The molecular weight excluding hydrogens is 366 g/mol. The molecule has 0 saturated carbocycles. The monoisotopic (exact) mass is 389 g/mol. The normalized spacial score (nSPS) is 18.6. The van der Waals surface area contributed by atoms with E-state index < -0.39 is 0 Å². The molecule has 1 atom stereocenters. The highest BCUT2D eigenvalue weighted by atomic mass is 35.5. The molecule has 1 unspecified atom stereocenters. The summed E-state index contributed by atoms with van der Waals surface area (Å²) in [6.07, 6.45) is 3.93. The van der Waals surface area contributed by atoms with E-state index in [1.54, 1.807) is 6.33 Å². The summed E-state index contributed by atoms with van der Waals surface area (Å²) in [5, 5.41) is 7.23. The predicted octanol–water partition coefficient (Wildman–Crippen LogP) is 2.70. The SMILES string of the molecule is CNc1cc(N2CCCC2CNCc2cc(Cl)c3c(c2)OCCO3)ncn1. The van der Waals surface area contributed by atoms with E-state index >= 15 is 0 Å². The topological polar surface area (TPSA) is 71.5 Å². The second kappa shape index (κ2) is 8.19. The molecule has 0 radical (unpaired) electrons. The number of halogens is 1. The molecule has 4 rings (SSSR count).